The topological polar surface area (TPSA) is 105 Å². The van der Waals surface area contributed by atoms with Gasteiger partial charge >= 0.3 is 0 Å². The lowest BCUT2D eigenvalue weighted by Gasteiger charge is -2.14. The predicted molar refractivity (Wildman–Crippen MR) is 145 cm³/mol. The fourth-order valence-corrected chi connectivity index (χ4v) is 4.43. The molecular weight excluding hydrogens is 471 g/mol. The number of phenolic OH excluding ortho intramolecular Hbond substituents is 4. The van der Waals surface area contributed by atoms with Crippen LogP contribution in [0.15, 0.2) is 54.6 Å². The Kier molecular flexibility index (Phi) is 11.5. The zero-order valence-corrected chi connectivity index (χ0v) is 21.3. The highest BCUT2D eigenvalue weighted by molar-refractivity contribution is 5.49. The maximum absolute atomic E-state index is 13.3. The van der Waals surface area contributed by atoms with Crippen molar-refractivity contribution >= 4 is 0 Å². The van der Waals surface area contributed by atoms with Crippen LogP contribution in [0.2, 0.25) is 0 Å². The molecule has 0 heterocycles. The zero-order chi connectivity index (χ0) is 26.5. The molecule has 3 aromatic carbocycles. The van der Waals surface area contributed by atoms with E-state index in [1.54, 1.807) is 30.3 Å². The summed E-state index contributed by atoms with van der Waals surface area (Å²) < 4.78 is 13.3. The highest BCUT2D eigenvalue weighted by Gasteiger charge is 2.12. The molecule has 0 fully saturated rings. The van der Waals surface area contributed by atoms with Gasteiger partial charge in [0.15, 0.2) is 23.1 Å². The van der Waals surface area contributed by atoms with E-state index in [0.29, 0.717) is 12.8 Å². The summed E-state index contributed by atoms with van der Waals surface area (Å²) in [5.41, 5.74) is 3.63. The molecule has 0 radical (unpaired) electrons. The van der Waals surface area contributed by atoms with E-state index in [4.69, 9.17) is 0 Å². The van der Waals surface area contributed by atoms with Crippen molar-refractivity contribution in [3.8, 4) is 23.0 Å². The standard InChI is InChI=1S/C30H39FN2O4/c31-27-21-23(9-12-28(27)35)14-18-32-16-3-1-2-4-17-33-19-15-24-10-13-29(36)30(37)26(24)11-8-22-6-5-7-25(34)20-22/h5-7,9-10,12-13,20-21,32-37H,1-4,8,11,14-19H2. The van der Waals surface area contributed by atoms with Crippen molar-refractivity contribution in [2.45, 2.75) is 51.4 Å². The molecule has 0 saturated heterocycles. The maximum atomic E-state index is 13.3. The molecule has 0 aliphatic heterocycles. The minimum Gasteiger partial charge on any atom is -0.508 e. The molecule has 0 amide bonds. The number of hydrogen-bond acceptors (Lipinski definition) is 6. The number of unbranched alkanes of at least 4 members (excludes halogenated alkanes) is 3. The van der Waals surface area contributed by atoms with E-state index in [9.17, 15) is 24.8 Å². The number of benzene rings is 3. The molecule has 0 saturated carbocycles. The van der Waals surface area contributed by atoms with Crippen LogP contribution >= 0.6 is 0 Å². The number of aromatic hydroxyl groups is 4. The van der Waals surface area contributed by atoms with Gasteiger partial charge < -0.3 is 31.1 Å². The van der Waals surface area contributed by atoms with Gasteiger partial charge in [-0.15, -0.1) is 0 Å². The van der Waals surface area contributed by atoms with Gasteiger partial charge in [0.25, 0.3) is 0 Å². The summed E-state index contributed by atoms with van der Waals surface area (Å²) in [4.78, 5) is 0. The normalized spacial score (nSPS) is 11.2. The summed E-state index contributed by atoms with van der Waals surface area (Å²) >= 11 is 0. The fraction of sp³-hybridized carbons (Fsp3) is 0.400. The number of halogens is 1. The summed E-state index contributed by atoms with van der Waals surface area (Å²) in [5, 5.41) is 46.1. The third kappa shape index (κ3) is 9.59. The van der Waals surface area contributed by atoms with Crippen LogP contribution < -0.4 is 10.6 Å². The molecule has 0 spiro atoms. The third-order valence-electron chi connectivity index (χ3n) is 6.56. The van der Waals surface area contributed by atoms with Crippen molar-refractivity contribution in [3.05, 3.63) is 82.7 Å². The van der Waals surface area contributed by atoms with Gasteiger partial charge in [-0.05, 0) is 112 Å². The van der Waals surface area contributed by atoms with Crippen molar-refractivity contribution in [1.82, 2.24) is 10.6 Å². The smallest absolute Gasteiger partial charge is 0.165 e. The SMILES string of the molecule is Oc1cccc(CCc2c(CCNCCCCCCNCCc3ccc(O)c(F)c3)ccc(O)c2O)c1. The second-order valence-corrected chi connectivity index (χ2v) is 9.44. The van der Waals surface area contributed by atoms with E-state index in [0.717, 1.165) is 87.0 Å². The molecule has 37 heavy (non-hydrogen) atoms. The lowest BCUT2D eigenvalue weighted by atomic mass is 9.96. The second kappa shape index (κ2) is 15.1. The van der Waals surface area contributed by atoms with E-state index in [1.807, 2.05) is 12.1 Å². The highest BCUT2D eigenvalue weighted by atomic mass is 19.1. The first-order valence-corrected chi connectivity index (χ1v) is 13.1. The quantitative estimate of drug-likeness (QED) is 0.120. The largest absolute Gasteiger partial charge is 0.508 e. The molecule has 0 aliphatic carbocycles. The minimum absolute atomic E-state index is 0.0542. The van der Waals surface area contributed by atoms with Crippen LogP contribution in [0.25, 0.3) is 0 Å². The van der Waals surface area contributed by atoms with Gasteiger partial charge in [0.05, 0.1) is 0 Å². The Balaban J connectivity index is 1.26. The number of phenols is 4. The number of rotatable bonds is 16. The second-order valence-electron chi connectivity index (χ2n) is 9.44. The maximum Gasteiger partial charge on any atom is 0.165 e. The monoisotopic (exact) mass is 510 g/mol. The first kappa shape index (κ1) is 28.3. The Bertz CT molecular complexity index is 1120. The van der Waals surface area contributed by atoms with E-state index >= 15 is 0 Å². The van der Waals surface area contributed by atoms with Gasteiger partial charge in [-0.25, -0.2) is 4.39 Å². The van der Waals surface area contributed by atoms with Crippen molar-refractivity contribution < 1.29 is 24.8 Å². The average molecular weight is 511 g/mol. The van der Waals surface area contributed by atoms with Crippen LogP contribution in [0.1, 0.15) is 47.9 Å². The molecule has 0 atom stereocenters. The van der Waals surface area contributed by atoms with Crippen molar-refractivity contribution in [2.24, 2.45) is 0 Å². The molecule has 0 bridgehead atoms. The first-order chi connectivity index (χ1) is 17.9. The van der Waals surface area contributed by atoms with Gasteiger partial charge in [0.2, 0.25) is 0 Å². The zero-order valence-electron chi connectivity index (χ0n) is 21.3. The van der Waals surface area contributed by atoms with Gasteiger partial charge in [-0.2, -0.15) is 0 Å². The molecule has 3 aromatic rings. The Hall–Kier alpha value is -3.29. The van der Waals surface area contributed by atoms with E-state index in [2.05, 4.69) is 10.6 Å². The summed E-state index contributed by atoms with van der Waals surface area (Å²) in [6.45, 7) is 3.45. The molecule has 6 N–H and O–H groups in total. The highest BCUT2D eigenvalue weighted by Crippen LogP contribution is 2.32. The molecular formula is C30H39FN2O4. The molecule has 0 aliphatic rings. The number of hydrogen-bond donors (Lipinski definition) is 6. The fourth-order valence-electron chi connectivity index (χ4n) is 4.43. The first-order valence-electron chi connectivity index (χ1n) is 13.1. The summed E-state index contributed by atoms with van der Waals surface area (Å²) in [5.74, 6) is -0.815. The molecule has 6 nitrogen and oxygen atoms in total. The van der Waals surface area contributed by atoms with Crippen LogP contribution in [-0.2, 0) is 25.7 Å². The predicted octanol–water partition coefficient (Wildman–Crippen LogP) is 4.96. The van der Waals surface area contributed by atoms with Crippen molar-refractivity contribution in [3.63, 3.8) is 0 Å². The molecule has 0 aromatic heterocycles. The summed E-state index contributed by atoms with van der Waals surface area (Å²) in [7, 11) is 0. The lowest BCUT2D eigenvalue weighted by molar-refractivity contribution is 0.398. The average Bonchev–Trinajstić information content (AvgIpc) is 2.88. The molecule has 7 heteroatoms. The number of aryl methyl sites for hydroxylation is 1. The Morgan fingerprint density at radius 3 is 1.97 bits per heavy atom. The van der Waals surface area contributed by atoms with Gasteiger partial charge in [-0.1, -0.05) is 37.1 Å². The van der Waals surface area contributed by atoms with Gasteiger partial charge in [0.1, 0.15) is 5.75 Å². The van der Waals surface area contributed by atoms with Gasteiger partial charge in [-0.3, -0.25) is 0 Å². The van der Waals surface area contributed by atoms with Crippen molar-refractivity contribution in [1.29, 1.82) is 0 Å². The summed E-state index contributed by atoms with van der Waals surface area (Å²) in [6, 6.07) is 15.0. The van der Waals surface area contributed by atoms with Crippen molar-refractivity contribution in [2.75, 3.05) is 26.2 Å². The minimum atomic E-state index is -0.572. The Morgan fingerprint density at radius 2 is 1.27 bits per heavy atom. The third-order valence-corrected chi connectivity index (χ3v) is 6.56. The lowest BCUT2D eigenvalue weighted by Crippen LogP contribution is -2.20. The molecule has 3 rings (SSSR count). The van der Waals surface area contributed by atoms with Crippen LogP contribution in [0.4, 0.5) is 4.39 Å². The van der Waals surface area contributed by atoms with E-state index in [-0.39, 0.29) is 23.0 Å². The van der Waals surface area contributed by atoms with Gasteiger partial charge in [0, 0.05) is 5.56 Å². The Morgan fingerprint density at radius 1 is 0.595 bits per heavy atom. The van der Waals surface area contributed by atoms with Crippen LogP contribution in [0.5, 0.6) is 23.0 Å². The van der Waals surface area contributed by atoms with Crippen LogP contribution in [0, 0.1) is 5.82 Å². The van der Waals surface area contributed by atoms with Crippen LogP contribution in [0.3, 0.4) is 0 Å². The summed E-state index contributed by atoms with van der Waals surface area (Å²) in [6.07, 6.45) is 7.22. The molecule has 200 valence electrons. The number of nitrogens with one attached hydrogen (secondary N) is 2. The Labute approximate surface area is 218 Å². The van der Waals surface area contributed by atoms with E-state index in [1.165, 1.54) is 12.1 Å². The van der Waals surface area contributed by atoms with E-state index < -0.39 is 5.82 Å². The molecule has 0 unspecified atom stereocenters. The van der Waals surface area contributed by atoms with Crippen LogP contribution in [-0.4, -0.2) is 46.6 Å².